The van der Waals surface area contributed by atoms with Crippen molar-refractivity contribution in [3.8, 4) is 22.3 Å². The van der Waals surface area contributed by atoms with Crippen molar-refractivity contribution < 1.29 is 0 Å². The van der Waals surface area contributed by atoms with Crippen molar-refractivity contribution in [2.24, 2.45) is 0 Å². The second-order valence-corrected chi connectivity index (χ2v) is 13.9. The highest BCUT2D eigenvalue weighted by molar-refractivity contribution is 7.26. The molecule has 2 nitrogen and oxygen atoms in total. The summed E-state index contributed by atoms with van der Waals surface area (Å²) in [6, 6.07) is 63.3. The average molecular weight is 685 g/mol. The molecule has 3 heteroatoms. The number of para-hydroxylation sites is 3. The van der Waals surface area contributed by atoms with Gasteiger partial charge in [0.25, 0.3) is 0 Å². The third kappa shape index (κ3) is 6.02. The largest absolute Gasteiger partial charge is 0.311 e. The Labute approximate surface area is 309 Å². The van der Waals surface area contributed by atoms with Gasteiger partial charge in [0.05, 0.1) is 0 Å². The molecule has 9 rings (SSSR count). The molecule has 0 aliphatic heterocycles. The normalized spacial score (nSPS) is 12.5. The number of allylic oxidation sites excluding steroid dienone is 5. The van der Waals surface area contributed by atoms with Gasteiger partial charge in [0.15, 0.2) is 0 Å². The lowest BCUT2D eigenvalue weighted by molar-refractivity contribution is 1.18. The molecule has 1 aliphatic rings. The Kier molecular flexibility index (Phi) is 8.54. The lowest BCUT2D eigenvalue weighted by Gasteiger charge is -2.26. The maximum Gasteiger partial charge on any atom is 0.0462 e. The van der Waals surface area contributed by atoms with Gasteiger partial charge >= 0.3 is 0 Å². The number of fused-ring (bicyclic) bond motifs is 3. The molecule has 1 heterocycles. The Balaban J connectivity index is 1.08. The van der Waals surface area contributed by atoms with Crippen LogP contribution >= 0.6 is 11.3 Å². The molecule has 52 heavy (non-hydrogen) atoms. The highest BCUT2D eigenvalue weighted by Crippen LogP contribution is 2.45. The van der Waals surface area contributed by atoms with E-state index >= 15 is 0 Å². The molecule has 0 atom stereocenters. The van der Waals surface area contributed by atoms with Crippen LogP contribution in [0.1, 0.15) is 6.42 Å². The standard InChI is InChI=1S/C49H36N2S/c1-2-7-17-38(16-6-1)50(39-18-8-3-9-19-39)42-32-28-36(29-33-42)44-24-14-26-46-47-27-15-25-45(49(47)52-48(44)46)37-30-34-43(35-31-37)51(40-20-10-4-11-21-40)41-22-12-5-13-23-41/h1-6,8-35H,7H2. The quantitative estimate of drug-likeness (QED) is 0.157. The Morgan fingerprint density at radius 3 is 1.33 bits per heavy atom. The van der Waals surface area contributed by atoms with Gasteiger partial charge in [-0.2, -0.15) is 0 Å². The number of rotatable bonds is 8. The lowest BCUT2D eigenvalue weighted by atomic mass is 9.99. The summed E-state index contributed by atoms with van der Waals surface area (Å²) in [5.41, 5.74) is 11.8. The van der Waals surface area contributed by atoms with Crippen LogP contribution in [0.5, 0.6) is 0 Å². The van der Waals surface area contributed by atoms with E-state index in [4.69, 9.17) is 0 Å². The Bertz CT molecular complexity index is 2520. The topological polar surface area (TPSA) is 6.48 Å². The van der Waals surface area contributed by atoms with Crippen molar-refractivity contribution in [3.63, 3.8) is 0 Å². The Morgan fingerprint density at radius 2 is 0.827 bits per heavy atom. The Morgan fingerprint density at radius 1 is 0.385 bits per heavy atom. The molecule has 0 N–H and O–H groups in total. The van der Waals surface area contributed by atoms with Crippen LogP contribution in [0.2, 0.25) is 0 Å². The number of benzene rings is 7. The van der Waals surface area contributed by atoms with Crippen molar-refractivity contribution >= 4 is 59.9 Å². The summed E-state index contributed by atoms with van der Waals surface area (Å²) in [6.07, 6.45) is 11.8. The molecule has 7 aromatic carbocycles. The van der Waals surface area contributed by atoms with Crippen LogP contribution in [0.3, 0.4) is 0 Å². The second kappa shape index (κ2) is 14.1. The highest BCUT2D eigenvalue weighted by atomic mass is 32.1. The Hall–Kier alpha value is -6.42. The third-order valence-electron chi connectivity index (χ3n) is 9.68. The molecule has 1 aliphatic carbocycles. The number of hydrogen-bond donors (Lipinski definition) is 0. The van der Waals surface area contributed by atoms with E-state index in [0.29, 0.717) is 0 Å². The zero-order valence-corrected chi connectivity index (χ0v) is 29.5. The predicted molar refractivity (Wildman–Crippen MR) is 224 cm³/mol. The fourth-order valence-electron chi connectivity index (χ4n) is 7.21. The summed E-state index contributed by atoms with van der Waals surface area (Å²) in [7, 11) is 0. The van der Waals surface area contributed by atoms with Crippen molar-refractivity contribution in [2.75, 3.05) is 9.80 Å². The van der Waals surface area contributed by atoms with Gasteiger partial charge < -0.3 is 9.80 Å². The molecule has 0 spiro atoms. The molecule has 1 aromatic heterocycles. The van der Waals surface area contributed by atoms with Gasteiger partial charge in [-0.25, -0.2) is 0 Å². The molecule has 0 unspecified atom stereocenters. The number of hydrogen-bond acceptors (Lipinski definition) is 3. The van der Waals surface area contributed by atoms with Gasteiger partial charge in [-0.15, -0.1) is 11.3 Å². The van der Waals surface area contributed by atoms with Crippen molar-refractivity contribution in [1.82, 2.24) is 0 Å². The zero-order valence-electron chi connectivity index (χ0n) is 28.6. The molecule has 8 aromatic rings. The van der Waals surface area contributed by atoms with E-state index in [2.05, 4.69) is 216 Å². The summed E-state index contributed by atoms with van der Waals surface area (Å²) in [4.78, 5) is 4.64. The van der Waals surface area contributed by atoms with Gasteiger partial charge in [0, 0.05) is 54.3 Å². The molecular weight excluding hydrogens is 649 g/mol. The van der Waals surface area contributed by atoms with Gasteiger partial charge in [0.1, 0.15) is 0 Å². The molecule has 0 bridgehead atoms. The van der Waals surface area contributed by atoms with Crippen molar-refractivity contribution in [1.29, 1.82) is 0 Å². The van der Waals surface area contributed by atoms with Crippen LogP contribution in [0, 0.1) is 0 Å². The van der Waals surface area contributed by atoms with Crippen LogP contribution in [0.25, 0.3) is 42.4 Å². The van der Waals surface area contributed by atoms with Crippen molar-refractivity contribution in [3.05, 3.63) is 212 Å². The SMILES string of the molecule is C1=CCC=C(N(c2ccccc2)c2ccc(-c3cccc4c3sc3c(-c5ccc(N(c6ccccc6)c6ccccc6)cc5)cccc34)cc2)C=C1. The van der Waals surface area contributed by atoms with E-state index < -0.39 is 0 Å². The minimum absolute atomic E-state index is 0.906. The van der Waals surface area contributed by atoms with E-state index in [-0.39, 0.29) is 0 Å². The maximum absolute atomic E-state index is 2.34. The number of thiophene rings is 1. The third-order valence-corrected chi connectivity index (χ3v) is 11.0. The first kappa shape index (κ1) is 31.6. The summed E-state index contributed by atoms with van der Waals surface area (Å²) in [5, 5.41) is 2.60. The fraction of sp³-hybridized carbons (Fsp3) is 0.0204. The molecule has 0 saturated heterocycles. The first-order valence-corrected chi connectivity index (χ1v) is 18.6. The maximum atomic E-state index is 2.34. The first-order chi connectivity index (χ1) is 25.8. The molecule has 0 saturated carbocycles. The van der Waals surface area contributed by atoms with E-state index in [1.165, 1.54) is 48.1 Å². The fourth-order valence-corrected chi connectivity index (χ4v) is 8.59. The lowest BCUT2D eigenvalue weighted by Crippen LogP contribution is -2.15. The van der Waals surface area contributed by atoms with Gasteiger partial charge in [0.2, 0.25) is 0 Å². The van der Waals surface area contributed by atoms with Crippen LogP contribution in [-0.2, 0) is 0 Å². The van der Waals surface area contributed by atoms with Gasteiger partial charge in [-0.05, 0) is 95.4 Å². The smallest absolute Gasteiger partial charge is 0.0462 e. The van der Waals surface area contributed by atoms with Crippen LogP contribution < -0.4 is 9.80 Å². The first-order valence-electron chi connectivity index (χ1n) is 17.8. The molecular formula is C49H36N2S. The number of nitrogens with zero attached hydrogens (tertiary/aromatic N) is 2. The molecule has 248 valence electrons. The van der Waals surface area contributed by atoms with Gasteiger partial charge in [-0.1, -0.05) is 140 Å². The van der Waals surface area contributed by atoms with E-state index in [0.717, 1.165) is 34.9 Å². The molecule has 0 radical (unpaired) electrons. The highest BCUT2D eigenvalue weighted by Gasteiger charge is 2.17. The number of anilines is 5. The summed E-state index contributed by atoms with van der Waals surface area (Å²) >= 11 is 1.90. The molecule has 0 fully saturated rings. The van der Waals surface area contributed by atoms with Crippen LogP contribution in [-0.4, -0.2) is 0 Å². The minimum atomic E-state index is 0.906. The van der Waals surface area contributed by atoms with E-state index in [1.54, 1.807) is 0 Å². The minimum Gasteiger partial charge on any atom is -0.311 e. The molecule has 0 amide bonds. The summed E-state index contributed by atoms with van der Waals surface area (Å²) < 4.78 is 2.63. The zero-order chi connectivity index (χ0) is 34.7. The average Bonchev–Trinajstić information content (AvgIpc) is 3.40. The van der Waals surface area contributed by atoms with E-state index in [1.807, 2.05) is 11.3 Å². The summed E-state index contributed by atoms with van der Waals surface area (Å²) in [5.74, 6) is 0. The summed E-state index contributed by atoms with van der Waals surface area (Å²) in [6.45, 7) is 0. The van der Waals surface area contributed by atoms with Gasteiger partial charge in [-0.3, -0.25) is 0 Å². The monoisotopic (exact) mass is 684 g/mol. The van der Waals surface area contributed by atoms with E-state index in [9.17, 15) is 0 Å². The van der Waals surface area contributed by atoms with Crippen LogP contribution in [0.4, 0.5) is 28.4 Å². The second-order valence-electron chi connectivity index (χ2n) is 12.9. The van der Waals surface area contributed by atoms with Crippen molar-refractivity contribution in [2.45, 2.75) is 6.42 Å². The van der Waals surface area contributed by atoms with Crippen LogP contribution in [0.15, 0.2) is 212 Å². The predicted octanol–water partition coefficient (Wildman–Crippen LogP) is 14.4.